The summed E-state index contributed by atoms with van der Waals surface area (Å²) in [7, 11) is 0. The highest BCUT2D eigenvalue weighted by molar-refractivity contribution is 6.18. The van der Waals surface area contributed by atoms with E-state index in [4.69, 9.17) is 26.8 Å². The topological polar surface area (TPSA) is 78.6 Å². The van der Waals surface area contributed by atoms with E-state index in [0.29, 0.717) is 11.3 Å². The normalized spacial score (nSPS) is 10.2. The van der Waals surface area contributed by atoms with E-state index in [1.54, 1.807) is 36.4 Å². The third-order valence-electron chi connectivity index (χ3n) is 3.11. The minimum atomic E-state index is -0.553. The molecule has 0 spiro atoms. The maximum Gasteiger partial charge on any atom is 0.343 e. The Morgan fingerprint density at radius 2 is 1.83 bits per heavy atom. The van der Waals surface area contributed by atoms with Crippen molar-refractivity contribution < 1.29 is 19.1 Å². The van der Waals surface area contributed by atoms with Gasteiger partial charge in [0.1, 0.15) is 12.4 Å². The predicted molar refractivity (Wildman–Crippen MR) is 88.0 cm³/mol. The summed E-state index contributed by atoms with van der Waals surface area (Å²) in [6, 6.07) is 11.1. The molecule has 0 heterocycles. The predicted octanol–water partition coefficient (Wildman–Crippen LogP) is 3.19. The summed E-state index contributed by atoms with van der Waals surface area (Å²) >= 11 is 5.47. The number of carbonyl (C=O) groups is 2. The number of nitrogen functional groups attached to an aromatic ring is 1. The lowest BCUT2D eigenvalue weighted by Crippen LogP contribution is -2.11. The second kappa shape index (κ2) is 7.65. The van der Waals surface area contributed by atoms with Crippen molar-refractivity contribution >= 4 is 29.2 Å². The van der Waals surface area contributed by atoms with Gasteiger partial charge in [0.25, 0.3) is 0 Å². The molecule has 2 aromatic rings. The molecule has 0 aliphatic rings. The Kier molecular flexibility index (Phi) is 5.60. The third-order valence-corrected chi connectivity index (χ3v) is 3.26. The van der Waals surface area contributed by atoms with Gasteiger partial charge in [-0.25, -0.2) is 9.59 Å². The van der Waals surface area contributed by atoms with E-state index in [0.717, 1.165) is 5.56 Å². The third kappa shape index (κ3) is 4.47. The average molecular weight is 334 g/mol. The van der Waals surface area contributed by atoms with Crippen LogP contribution in [-0.2, 0) is 4.74 Å². The van der Waals surface area contributed by atoms with Gasteiger partial charge in [-0.3, -0.25) is 0 Å². The summed E-state index contributed by atoms with van der Waals surface area (Å²) in [5.74, 6) is -0.615. The van der Waals surface area contributed by atoms with Gasteiger partial charge in [-0.15, -0.1) is 11.6 Å². The van der Waals surface area contributed by atoms with Crippen LogP contribution in [0.25, 0.3) is 0 Å². The molecule has 0 radical (unpaired) electrons. The molecule has 0 saturated carbocycles. The molecule has 0 atom stereocenters. The zero-order valence-corrected chi connectivity index (χ0v) is 13.3. The van der Waals surface area contributed by atoms with Crippen LogP contribution in [0.4, 0.5) is 5.69 Å². The first-order chi connectivity index (χ1) is 11.0. The van der Waals surface area contributed by atoms with Crippen LogP contribution in [0.3, 0.4) is 0 Å². The number of aryl methyl sites for hydroxylation is 1. The number of esters is 2. The Hall–Kier alpha value is -2.53. The SMILES string of the molecule is Cc1ccc(C(=O)Oc2cccc(C(=O)OCCCl)c2)cc1N. The van der Waals surface area contributed by atoms with Gasteiger partial charge in [-0.05, 0) is 42.8 Å². The Labute approximate surface area is 139 Å². The van der Waals surface area contributed by atoms with Crippen molar-refractivity contribution in [3.63, 3.8) is 0 Å². The van der Waals surface area contributed by atoms with Crippen molar-refractivity contribution in [2.45, 2.75) is 6.92 Å². The number of hydrogen-bond donors (Lipinski definition) is 1. The minimum absolute atomic E-state index is 0.118. The van der Waals surface area contributed by atoms with Gasteiger partial charge < -0.3 is 15.2 Å². The Balaban J connectivity index is 2.12. The molecular formula is C17H16ClNO4. The first kappa shape index (κ1) is 16.8. The molecule has 0 amide bonds. The van der Waals surface area contributed by atoms with Crippen LogP contribution in [0.5, 0.6) is 5.75 Å². The molecule has 0 bridgehead atoms. The first-order valence-corrected chi connectivity index (χ1v) is 7.46. The molecule has 2 rings (SSSR count). The van der Waals surface area contributed by atoms with E-state index < -0.39 is 11.9 Å². The zero-order chi connectivity index (χ0) is 16.8. The highest BCUT2D eigenvalue weighted by atomic mass is 35.5. The molecular weight excluding hydrogens is 318 g/mol. The van der Waals surface area contributed by atoms with Crippen molar-refractivity contribution in [3.8, 4) is 5.75 Å². The lowest BCUT2D eigenvalue weighted by Gasteiger charge is -2.08. The van der Waals surface area contributed by atoms with Crippen molar-refractivity contribution in [1.29, 1.82) is 0 Å². The van der Waals surface area contributed by atoms with Crippen LogP contribution in [-0.4, -0.2) is 24.4 Å². The maximum absolute atomic E-state index is 12.1. The molecule has 120 valence electrons. The molecule has 0 saturated heterocycles. The number of carbonyl (C=O) groups excluding carboxylic acids is 2. The number of rotatable bonds is 5. The van der Waals surface area contributed by atoms with Crippen molar-refractivity contribution in [1.82, 2.24) is 0 Å². The van der Waals surface area contributed by atoms with E-state index in [2.05, 4.69) is 0 Å². The highest BCUT2D eigenvalue weighted by Crippen LogP contribution is 2.18. The summed E-state index contributed by atoms with van der Waals surface area (Å²) < 4.78 is 10.2. The Bertz CT molecular complexity index is 730. The van der Waals surface area contributed by atoms with Crippen molar-refractivity contribution in [2.24, 2.45) is 0 Å². The van der Waals surface area contributed by atoms with E-state index in [1.165, 1.54) is 6.07 Å². The van der Waals surface area contributed by atoms with Gasteiger partial charge in [0.05, 0.1) is 17.0 Å². The number of hydrogen-bond acceptors (Lipinski definition) is 5. The largest absolute Gasteiger partial charge is 0.461 e. The molecule has 0 aliphatic heterocycles. The molecule has 5 nitrogen and oxygen atoms in total. The van der Waals surface area contributed by atoms with E-state index >= 15 is 0 Å². The van der Waals surface area contributed by atoms with E-state index in [9.17, 15) is 9.59 Å². The summed E-state index contributed by atoms with van der Waals surface area (Å²) in [4.78, 5) is 23.9. The molecule has 0 aromatic heterocycles. The second-order valence-corrected chi connectivity index (χ2v) is 5.19. The number of anilines is 1. The molecule has 0 fully saturated rings. The maximum atomic E-state index is 12.1. The number of halogens is 1. The molecule has 23 heavy (non-hydrogen) atoms. The van der Waals surface area contributed by atoms with Gasteiger partial charge in [0.15, 0.2) is 0 Å². The standard InChI is InChI=1S/C17H16ClNO4/c1-11-5-6-13(10-15(11)19)17(21)23-14-4-2-3-12(9-14)16(20)22-8-7-18/h2-6,9-10H,7-8,19H2,1H3. The Morgan fingerprint density at radius 1 is 1.09 bits per heavy atom. The molecule has 6 heteroatoms. The lowest BCUT2D eigenvalue weighted by molar-refractivity contribution is 0.0527. The summed E-state index contributed by atoms with van der Waals surface area (Å²) in [6.45, 7) is 1.97. The van der Waals surface area contributed by atoms with Crippen LogP contribution in [0.1, 0.15) is 26.3 Å². The van der Waals surface area contributed by atoms with Crippen molar-refractivity contribution in [2.75, 3.05) is 18.2 Å². The van der Waals surface area contributed by atoms with Gasteiger partial charge in [0.2, 0.25) is 0 Å². The second-order valence-electron chi connectivity index (χ2n) is 4.81. The highest BCUT2D eigenvalue weighted by Gasteiger charge is 2.12. The van der Waals surface area contributed by atoms with E-state index in [1.807, 2.05) is 6.92 Å². The van der Waals surface area contributed by atoms with Crippen LogP contribution in [0, 0.1) is 6.92 Å². The first-order valence-electron chi connectivity index (χ1n) is 6.92. The molecule has 2 N–H and O–H groups in total. The van der Waals surface area contributed by atoms with Crippen LogP contribution < -0.4 is 10.5 Å². The number of alkyl halides is 1. The minimum Gasteiger partial charge on any atom is -0.461 e. The zero-order valence-electron chi connectivity index (χ0n) is 12.5. The fourth-order valence-corrected chi connectivity index (χ4v) is 1.91. The van der Waals surface area contributed by atoms with Crippen molar-refractivity contribution in [3.05, 3.63) is 59.2 Å². The van der Waals surface area contributed by atoms with Gasteiger partial charge >= 0.3 is 11.9 Å². The molecule has 2 aromatic carbocycles. The number of benzene rings is 2. The molecule has 0 unspecified atom stereocenters. The number of nitrogens with two attached hydrogens (primary N) is 1. The number of ether oxygens (including phenoxy) is 2. The molecule has 0 aliphatic carbocycles. The summed E-state index contributed by atoms with van der Waals surface area (Å²) in [6.07, 6.45) is 0. The van der Waals surface area contributed by atoms with Crippen LogP contribution >= 0.6 is 11.6 Å². The van der Waals surface area contributed by atoms with Gasteiger partial charge in [-0.1, -0.05) is 12.1 Å². The van der Waals surface area contributed by atoms with E-state index in [-0.39, 0.29) is 23.8 Å². The van der Waals surface area contributed by atoms with Crippen LogP contribution in [0.15, 0.2) is 42.5 Å². The summed E-state index contributed by atoms with van der Waals surface area (Å²) in [5.41, 5.74) is 7.79. The average Bonchev–Trinajstić information content (AvgIpc) is 2.55. The van der Waals surface area contributed by atoms with Gasteiger partial charge in [0, 0.05) is 5.69 Å². The fraction of sp³-hybridized carbons (Fsp3) is 0.176. The summed E-state index contributed by atoms with van der Waals surface area (Å²) in [5, 5.41) is 0. The van der Waals surface area contributed by atoms with Gasteiger partial charge in [-0.2, -0.15) is 0 Å². The van der Waals surface area contributed by atoms with Crippen LogP contribution in [0.2, 0.25) is 0 Å². The fourth-order valence-electron chi connectivity index (χ4n) is 1.83. The lowest BCUT2D eigenvalue weighted by atomic mass is 10.1. The monoisotopic (exact) mass is 333 g/mol. The smallest absolute Gasteiger partial charge is 0.343 e. The Morgan fingerprint density at radius 3 is 2.52 bits per heavy atom. The quantitative estimate of drug-likeness (QED) is 0.393.